The van der Waals surface area contributed by atoms with Crippen LogP contribution in [0, 0.1) is 12.8 Å². The summed E-state index contributed by atoms with van der Waals surface area (Å²) in [6.45, 7) is 6.77. The Bertz CT molecular complexity index is 785. The van der Waals surface area contributed by atoms with E-state index in [1.807, 2.05) is 0 Å². The van der Waals surface area contributed by atoms with Crippen molar-refractivity contribution in [2.24, 2.45) is 5.92 Å². The molecule has 0 aliphatic carbocycles. The van der Waals surface area contributed by atoms with E-state index in [9.17, 15) is 4.79 Å². The molecule has 1 atom stereocenters. The minimum absolute atomic E-state index is 0.151. The molecular weight excluding hydrogens is 320 g/mol. The van der Waals surface area contributed by atoms with E-state index in [2.05, 4.69) is 65.3 Å². The number of fused-ring (bicyclic) bond motifs is 1. The standard InChI is InChI=1S/C23H28N2O/c1-18-7-2-3-9-20(18)15-24-13-6-11-22(16-24)23(26)25-14-12-19-8-4-5-10-21(19)17-25/h2-5,7-10,22H,6,11-17H2,1H3/t22-/m0/s1. The summed E-state index contributed by atoms with van der Waals surface area (Å²) in [5, 5.41) is 0. The molecule has 1 amide bonds. The third-order valence-corrected chi connectivity index (χ3v) is 5.95. The molecule has 0 spiro atoms. The quantitative estimate of drug-likeness (QED) is 0.842. The van der Waals surface area contributed by atoms with Crippen LogP contribution in [0.25, 0.3) is 0 Å². The normalized spacial score (nSPS) is 20.7. The van der Waals surface area contributed by atoms with Crippen molar-refractivity contribution in [3.05, 3.63) is 70.8 Å². The van der Waals surface area contributed by atoms with Crippen LogP contribution in [-0.2, 0) is 24.3 Å². The molecule has 2 aliphatic rings. The second-order valence-corrected chi connectivity index (χ2v) is 7.78. The van der Waals surface area contributed by atoms with E-state index in [1.165, 1.54) is 22.3 Å². The number of aryl methyl sites for hydroxylation is 1. The highest BCUT2D eigenvalue weighted by molar-refractivity contribution is 5.79. The van der Waals surface area contributed by atoms with E-state index in [1.54, 1.807) is 0 Å². The van der Waals surface area contributed by atoms with Crippen molar-refractivity contribution in [1.29, 1.82) is 0 Å². The van der Waals surface area contributed by atoms with Gasteiger partial charge in [0.2, 0.25) is 5.91 Å². The van der Waals surface area contributed by atoms with Gasteiger partial charge in [-0.25, -0.2) is 0 Å². The predicted octanol–water partition coefficient (Wildman–Crippen LogP) is 3.79. The molecule has 136 valence electrons. The van der Waals surface area contributed by atoms with Crippen LogP contribution in [0.15, 0.2) is 48.5 Å². The van der Waals surface area contributed by atoms with E-state index in [0.717, 1.165) is 52.0 Å². The van der Waals surface area contributed by atoms with Gasteiger partial charge in [0, 0.05) is 26.2 Å². The lowest BCUT2D eigenvalue weighted by Crippen LogP contribution is -2.46. The van der Waals surface area contributed by atoms with Crippen LogP contribution in [0.1, 0.15) is 35.1 Å². The summed E-state index contributed by atoms with van der Waals surface area (Å²) in [7, 11) is 0. The van der Waals surface area contributed by atoms with Gasteiger partial charge in [0.15, 0.2) is 0 Å². The maximum Gasteiger partial charge on any atom is 0.227 e. The van der Waals surface area contributed by atoms with Crippen molar-refractivity contribution in [2.75, 3.05) is 19.6 Å². The van der Waals surface area contributed by atoms with Gasteiger partial charge in [0.05, 0.1) is 5.92 Å². The molecule has 3 nitrogen and oxygen atoms in total. The lowest BCUT2D eigenvalue weighted by Gasteiger charge is -2.37. The topological polar surface area (TPSA) is 23.6 Å². The fourth-order valence-corrected chi connectivity index (χ4v) is 4.37. The Balaban J connectivity index is 1.40. The van der Waals surface area contributed by atoms with Crippen molar-refractivity contribution >= 4 is 5.91 Å². The summed E-state index contributed by atoms with van der Waals surface area (Å²) in [5.74, 6) is 0.506. The molecule has 2 aromatic carbocycles. The largest absolute Gasteiger partial charge is 0.338 e. The lowest BCUT2D eigenvalue weighted by molar-refractivity contribution is -0.138. The Kier molecular flexibility index (Phi) is 5.07. The van der Waals surface area contributed by atoms with Crippen molar-refractivity contribution < 1.29 is 4.79 Å². The van der Waals surface area contributed by atoms with Gasteiger partial charge >= 0.3 is 0 Å². The Labute approximate surface area is 156 Å². The molecule has 0 N–H and O–H groups in total. The third kappa shape index (κ3) is 3.68. The Hall–Kier alpha value is -2.13. The zero-order valence-electron chi connectivity index (χ0n) is 15.7. The molecule has 2 heterocycles. The summed E-state index contributed by atoms with van der Waals surface area (Å²) in [6, 6.07) is 17.1. The number of likely N-dealkylation sites (tertiary alicyclic amines) is 1. The molecular formula is C23H28N2O. The molecule has 2 aliphatic heterocycles. The van der Waals surface area contributed by atoms with Crippen LogP contribution in [0.2, 0.25) is 0 Å². The van der Waals surface area contributed by atoms with Gasteiger partial charge in [-0.05, 0) is 55.0 Å². The Morgan fingerprint density at radius 3 is 2.65 bits per heavy atom. The first-order valence-corrected chi connectivity index (χ1v) is 9.83. The first-order chi connectivity index (χ1) is 12.7. The van der Waals surface area contributed by atoms with Gasteiger partial charge in [0.1, 0.15) is 0 Å². The fourth-order valence-electron chi connectivity index (χ4n) is 4.37. The highest BCUT2D eigenvalue weighted by Gasteiger charge is 2.30. The van der Waals surface area contributed by atoms with Crippen LogP contribution in [0.4, 0.5) is 0 Å². The molecule has 3 heteroatoms. The second kappa shape index (κ2) is 7.63. The van der Waals surface area contributed by atoms with E-state index >= 15 is 0 Å². The van der Waals surface area contributed by atoms with Gasteiger partial charge in [-0.1, -0.05) is 48.5 Å². The number of nitrogens with zero attached hydrogens (tertiary/aromatic N) is 2. The molecule has 4 rings (SSSR count). The van der Waals surface area contributed by atoms with E-state index < -0.39 is 0 Å². The van der Waals surface area contributed by atoms with Gasteiger partial charge < -0.3 is 4.90 Å². The lowest BCUT2D eigenvalue weighted by atomic mass is 9.93. The maximum atomic E-state index is 13.1. The van der Waals surface area contributed by atoms with Crippen LogP contribution < -0.4 is 0 Å². The minimum atomic E-state index is 0.151. The average molecular weight is 348 g/mol. The van der Waals surface area contributed by atoms with Gasteiger partial charge in [-0.15, -0.1) is 0 Å². The van der Waals surface area contributed by atoms with Crippen molar-refractivity contribution in [3.63, 3.8) is 0 Å². The van der Waals surface area contributed by atoms with Crippen LogP contribution in [0.5, 0.6) is 0 Å². The van der Waals surface area contributed by atoms with Gasteiger partial charge in [-0.2, -0.15) is 0 Å². The first-order valence-electron chi connectivity index (χ1n) is 9.83. The van der Waals surface area contributed by atoms with Crippen LogP contribution in [-0.4, -0.2) is 35.3 Å². The number of carbonyl (C=O) groups excluding carboxylic acids is 1. The highest BCUT2D eigenvalue weighted by Crippen LogP contribution is 2.25. The third-order valence-electron chi connectivity index (χ3n) is 5.95. The van der Waals surface area contributed by atoms with Crippen molar-refractivity contribution in [1.82, 2.24) is 9.80 Å². The SMILES string of the molecule is Cc1ccccc1CN1CCC[C@H](C(=O)N2CCc3ccccc3C2)C1. The van der Waals surface area contributed by atoms with Gasteiger partial charge in [-0.3, -0.25) is 9.69 Å². The number of amides is 1. The smallest absolute Gasteiger partial charge is 0.227 e. The monoisotopic (exact) mass is 348 g/mol. The van der Waals surface area contributed by atoms with Crippen LogP contribution >= 0.6 is 0 Å². The number of carbonyl (C=O) groups is 1. The molecule has 0 saturated carbocycles. The Morgan fingerprint density at radius 1 is 1.04 bits per heavy atom. The summed E-state index contributed by atoms with van der Waals surface area (Å²) >= 11 is 0. The Morgan fingerprint density at radius 2 is 1.81 bits per heavy atom. The first kappa shape index (κ1) is 17.3. The van der Waals surface area contributed by atoms with Crippen molar-refractivity contribution in [2.45, 2.75) is 39.3 Å². The summed E-state index contributed by atoms with van der Waals surface area (Å²) < 4.78 is 0. The van der Waals surface area contributed by atoms with Crippen molar-refractivity contribution in [3.8, 4) is 0 Å². The molecule has 0 bridgehead atoms. The summed E-state index contributed by atoms with van der Waals surface area (Å²) in [4.78, 5) is 17.7. The second-order valence-electron chi connectivity index (χ2n) is 7.78. The van der Waals surface area contributed by atoms with E-state index in [4.69, 9.17) is 0 Å². The number of benzene rings is 2. The number of hydrogen-bond donors (Lipinski definition) is 0. The fraction of sp³-hybridized carbons (Fsp3) is 0.435. The average Bonchev–Trinajstić information content (AvgIpc) is 2.69. The number of hydrogen-bond acceptors (Lipinski definition) is 2. The molecule has 0 aromatic heterocycles. The minimum Gasteiger partial charge on any atom is -0.338 e. The van der Waals surface area contributed by atoms with E-state index in [0.29, 0.717) is 5.91 Å². The maximum absolute atomic E-state index is 13.1. The molecule has 0 unspecified atom stereocenters. The number of rotatable bonds is 3. The molecule has 1 fully saturated rings. The zero-order valence-corrected chi connectivity index (χ0v) is 15.7. The predicted molar refractivity (Wildman–Crippen MR) is 105 cm³/mol. The summed E-state index contributed by atoms with van der Waals surface area (Å²) in [6.07, 6.45) is 3.13. The molecule has 0 radical (unpaired) electrons. The van der Waals surface area contributed by atoms with Crippen LogP contribution in [0.3, 0.4) is 0 Å². The zero-order chi connectivity index (χ0) is 17.9. The highest BCUT2D eigenvalue weighted by atomic mass is 16.2. The van der Waals surface area contributed by atoms with Gasteiger partial charge in [0.25, 0.3) is 0 Å². The number of piperidine rings is 1. The van der Waals surface area contributed by atoms with E-state index in [-0.39, 0.29) is 5.92 Å². The molecule has 26 heavy (non-hydrogen) atoms. The summed E-state index contributed by atoms with van der Waals surface area (Å²) in [5.41, 5.74) is 5.45. The molecule has 1 saturated heterocycles. The molecule has 2 aromatic rings.